The quantitative estimate of drug-likeness (QED) is 0.704. The van der Waals surface area contributed by atoms with Gasteiger partial charge in [0.05, 0.1) is 6.54 Å². The highest BCUT2D eigenvalue weighted by atomic mass is 19.3. The Morgan fingerprint density at radius 3 is 2.24 bits per heavy atom. The fourth-order valence-corrected chi connectivity index (χ4v) is 2.99. The summed E-state index contributed by atoms with van der Waals surface area (Å²) in [6.07, 6.45) is 3.26. The van der Waals surface area contributed by atoms with Crippen LogP contribution in [0.5, 0.6) is 0 Å². The molecule has 1 heterocycles. The zero-order valence-electron chi connectivity index (χ0n) is 11.7. The van der Waals surface area contributed by atoms with Crippen LogP contribution in [0.2, 0.25) is 0 Å². The van der Waals surface area contributed by atoms with E-state index < -0.39 is 11.8 Å². The zero-order chi connectivity index (χ0) is 13.1. The second-order valence-corrected chi connectivity index (χ2v) is 5.82. The summed E-state index contributed by atoms with van der Waals surface area (Å²) >= 11 is 0. The Kier molecular flexibility index (Phi) is 5.36. The van der Waals surface area contributed by atoms with E-state index in [-0.39, 0.29) is 6.54 Å². The Labute approximate surface area is 105 Å². The molecule has 1 nitrogen and oxygen atoms in total. The summed E-state index contributed by atoms with van der Waals surface area (Å²) in [5.74, 6) is -2.54. The first-order chi connectivity index (χ1) is 7.90. The van der Waals surface area contributed by atoms with Crippen LogP contribution in [0.1, 0.15) is 53.4 Å². The van der Waals surface area contributed by atoms with Crippen LogP contribution in [0.3, 0.4) is 0 Å². The van der Waals surface area contributed by atoms with Crippen LogP contribution in [0.4, 0.5) is 8.78 Å². The van der Waals surface area contributed by atoms with Crippen molar-refractivity contribution in [2.24, 2.45) is 11.8 Å². The Bertz CT molecular complexity index is 224. The summed E-state index contributed by atoms with van der Waals surface area (Å²) in [7, 11) is 0. The molecule has 3 heteroatoms. The van der Waals surface area contributed by atoms with Crippen molar-refractivity contribution in [2.45, 2.75) is 65.3 Å². The molecule has 1 aliphatic heterocycles. The van der Waals surface area contributed by atoms with Gasteiger partial charge in [-0.25, -0.2) is 8.78 Å². The van der Waals surface area contributed by atoms with Crippen molar-refractivity contribution in [1.82, 2.24) is 4.90 Å². The number of alkyl halides is 2. The standard InChI is InChI=1S/C14H27F2N/c1-5-13(6-2)17-8-7-12(9-11(3)4)14(15,16)10-17/h11-13H,5-10H2,1-4H3. The molecule has 0 spiro atoms. The second-order valence-electron chi connectivity index (χ2n) is 5.82. The van der Waals surface area contributed by atoms with E-state index in [0.717, 1.165) is 19.4 Å². The third kappa shape index (κ3) is 3.90. The molecule has 1 atom stereocenters. The molecule has 1 rings (SSSR count). The Morgan fingerprint density at radius 1 is 1.24 bits per heavy atom. The van der Waals surface area contributed by atoms with E-state index in [1.165, 1.54) is 0 Å². The first-order valence-electron chi connectivity index (χ1n) is 7.02. The van der Waals surface area contributed by atoms with Gasteiger partial charge in [0.2, 0.25) is 0 Å². The van der Waals surface area contributed by atoms with Crippen molar-refractivity contribution >= 4 is 0 Å². The van der Waals surface area contributed by atoms with E-state index in [2.05, 4.69) is 13.8 Å². The third-order valence-corrected chi connectivity index (χ3v) is 3.99. The van der Waals surface area contributed by atoms with Crippen LogP contribution in [-0.2, 0) is 0 Å². The second kappa shape index (κ2) is 6.12. The van der Waals surface area contributed by atoms with Crippen molar-refractivity contribution < 1.29 is 8.78 Å². The van der Waals surface area contributed by atoms with Gasteiger partial charge in [0.25, 0.3) is 5.92 Å². The van der Waals surface area contributed by atoms with Gasteiger partial charge < -0.3 is 0 Å². The summed E-state index contributed by atoms with van der Waals surface area (Å²) in [4.78, 5) is 2.00. The van der Waals surface area contributed by atoms with Crippen LogP contribution in [-0.4, -0.2) is 30.0 Å². The fourth-order valence-electron chi connectivity index (χ4n) is 2.99. The molecule has 0 amide bonds. The molecule has 1 unspecified atom stereocenters. The lowest BCUT2D eigenvalue weighted by atomic mass is 9.85. The van der Waals surface area contributed by atoms with Gasteiger partial charge >= 0.3 is 0 Å². The fraction of sp³-hybridized carbons (Fsp3) is 1.00. The molecule has 0 aliphatic carbocycles. The van der Waals surface area contributed by atoms with Gasteiger partial charge in [-0.15, -0.1) is 0 Å². The van der Waals surface area contributed by atoms with E-state index in [4.69, 9.17) is 0 Å². The topological polar surface area (TPSA) is 3.24 Å². The van der Waals surface area contributed by atoms with Gasteiger partial charge in [-0.05, 0) is 38.1 Å². The lowest BCUT2D eigenvalue weighted by molar-refractivity contribution is -0.125. The molecule has 1 saturated heterocycles. The predicted octanol–water partition coefficient (Wildman–Crippen LogP) is 4.18. The molecule has 1 fully saturated rings. The highest BCUT2D eigenvalue weighted by Gasteiger charge is 2.45. The first kappa shape index (κ1) is 14.9. The lowest BCUT2D eigenvalue weighted by Crippen LogP contribution is -2.52. The Hall–Kier alpha value is -0.180. The van der Waals surface area contributed by atoms with Crippen LogP contribution < -0.4 is 0 Å². The minimum Gasteiger partial charge on any atom is -0.294 e. The number of nitrogens with zero attached hydrogens (tertiary/aromatic N) is 1. The van der Waals surface area contributed by atoms with E-state index in [1.54, 1.807) is 0 Å². The van der Waals surface area contributed by atoms with Crippen LogP contribution in [0, 0.1) is 11.8 Å². The minimum absolute atomic E-state index is 0.0310. The smallest absolute Gasteiger partial charge is 0.263 e. The van der Waals surface area contributed by atoms with Crippen molar-refractivity contribution in [2.75, 3.05) is 13.1 Å². The Morgan fingerprint density at radius 2 is 1.82 bits per heavy atom. The van der Waals surface area contributed by atoms with Crippen molar-refractivity contribution in [3.8, 4) is 0 Å². The van der Waals surface area contributed by atoms with Crippen molar-refractivity contribution in [3.05, 3.63) is 0 Å². The summed E-state index contributed by atoms with van der Waals surface area (Å²) in [5, 5.41) is 0. The van der Waals surface area contributed by atoms with Crippen molar-refractivity contribution in [3.63, 3.8) is 0 Å². The number of likely N-dealkylation sites (tertiary alicyclic amines) is 1. The van der Waals surface area contributed by atoms with Gasteiger partial charge in [-0.3, -0.25) is 4.90 Å². The number of rotatable bonds is 5. The minimum atomic E-state index is -2.49. The first-order valence-corrected chi connectivity index (χ1v) is 7.02. The van der Waals surface area contributed by atoms with Crippen LogP contribution >= 0.6 is 0 Å². The molecule has 0 N–H and O–H groups in total. The SMILES string of the molecule is CCC(CC)N1CCC(CC(C)C)C(F)(F)C1. The molecule has 0 saturated carbocycles. The van der Waals surface area contributed by atoms with Gasteiger partial charge in [0.15, 0.2) is 0 Å². The molecule has 0 aromatic heterocycles. The van der Waals surface area contributed by atoms with Gasteiger partial charge in [0.1, 0.15) is 0 Å². The summed E-state index contributed by atoms with van der Waals surface area (Å²) in [5.41, 5.74) is 0. The van der Waals surface area contributed by atoms with E-state index in [9.17, 15) is 8.78 Å². The molecular weight excluding hydrogens is 220 g/mol. The number of halogens is 2. The van der Waals surface area contributed by atoms with Gasteiger partial charge in [0, 0.05) is 12.0 Å². The van der Waals surface area contributed by atoms with Gasteiger partial charge in [-0.2, -0.15) is 0 Å². The molecule has 0 radical (unpaired) electrons. The maximum absolute atomic E-state index is 14.1. The maximum atomic E-state index is 14.1. The number of hydrogen-bond donors (Lipinski definition) is 0. The summed E-state index contributed by atoms with van der Waals surface area (Å²) in [6, 6.07) is 0.334. The normalized spacial score (nSPS) is 25.8. The highest BCUT2D eigenvalue weighted by Crippen LogP contribution is 2.37. The molecule has 102 valence electrons. The van der Waals surface area contributed by atoms with E-state index >= 15 is 0 Å². The molecular formula is C14H27F2N. The molecule has 0 aromatic rings. The number of hydrogen-bond acceptors (Lipinski definition) is 1. The average molecular weight is 247 g/mol. The van der Waals surface area contributed by atoms with E-state index in [1.807, 2.05) is 18.7 Å². The maximum Gasteiger partial charge on any atom is 0.263 e. The predicted molar refractivity (Wildman–Crippen MR) is 68.5 cm³/mol. The van der Waals surface area contributed by atoms with Crippen LogP contribution in [0.15, 0.2) is 0 Å². The van der Waals surface area contributed by atoms with Crippen LogP contribution in [0.25, 0.3) is 0 Å². The highest BCUT2D eigenvalue weighted by molar-refractivity contribution is 4.89. The molecule has 0 aromatic carbocycles. The zero-order valence-corrected chi connectivity index (χ0v) is 11.7. The monoisotopic (exact) mass is 247 g/mol. The summed E-state index contributed by atoms with van der Waals surface area (Å²) in [6.45, 7) is 9.06. The van der Waals surface area contributed by atoms with Crippen molar-refractivity contribution in [1.29, 1.82) is 0 Å². The summed E-state index contributed by atoms with van der Waals surface area (Å²) < 4.78 is 28.1. The van der Waals surface area contributed by atoms with Gasteiger partial charge in [-0.1, -0.05) is 27.7 Å². The molecule has 0 bridgehead atoms. The number of piperidine rings is 1. The van der Waals surface area contributed by atoms with E-state index in [0.29, 0.717) is 24.8 Å². The average Bonchev–Trinajstić information content (AvgIpc) is 2.22. The largest absolute Gasteiger partial charge is 0.294 e. The molecule has 17 heavy (non-hydrogen) atoms. The Balaban J connectivity index is 2.61. The molecule has 1 aliphatic rings. The third-order valence-electron chi connectivity index (χ3n) is 3.99. The lowest BCUT2D eigenvalue weighted by Gasteiger charge is -2.42.